The van der Waals surface area contributed by atoms with Gasteiger partial charge in [-0.25, -0.2) is 9.78 Å². The average Bonchev–Trinajstić information content (AvgIpc) is 3.59. The van der Waals surface area contributed by atoms with E-state index in [-0.39, 0.29) is 11.4 Å². The molecule has 0 aromatic carbocycles. The van der Waals surface area contributed by atoms with Gasteiger partial charge in [-0.1, -0.05) is 12.1 Å². The second-order valence-corrected chi connectivity index (χ2v) is 9.05. The number of carboxylic acids is 1. The summed E-state index contributed by atoms with van der Waals surface area (Å²) in [4.78, 5) is 31.1. The number of fused-ring (bicyclic) bond motifs is 2. The molecule has 1 saturated heterocycles. The monoisotopic (exact) mass is 523 g/mol. The molecule has 5 heterocycles. The predicted octanol–water partition coefficient (Wildman–Crippen LogP) is 2.68. The SMILES string of the molecule is CCN1CCn2c(-c3cnn(C)c3)cnc2C12CCN(C(=O)c1cc(C)on1)CC2.O=C(O)C(F)(F)F. The van der Waals surface area contributed by atoms with E-state index in [1.54, 1.807) is 13.0 Å². The largest absolute Gasteiger partial charge is 0.490 e. The van der Waals surface area contributed by atoms with E-state index >= 15 is 0 Å². The molecule has 0 radical (unpaired) electrons. The number of aromatic nitrogens is 5. The van der Waals surface area contributed by atoms with Crippen molar-refractivity contribution in [2.75, 3.05) is 26.2 Å². The molecule has 1 fully saturated rings. The van der Waals surface area contributed by atoms with Crippen molar-refractivity contribution in [3.8, 4) is 11.3 Å². The second-order valence-electron chi connectivity index (χ2n) is 9.05. The molecule has 11 nitrogen and oxygen atoms in total. The van der Waals surface area contributed by atoms with Gasteiger partial charge in [0, 0.05) is 51.1 Å². The van der Waals surface area contributed by atoms with Gasteiger partial charge in [0.1, 0.15) is 11.6 Å². The van der Waals surface area contributed by atoms with Gasteiger partial charge in [-0.2, -0.15) is 18.3 Å². The smallest absolute Gasteiger partial charge is 0.475 e. The lowest BCUT2D eigenvalue weighted by Gasteiger charge is -2.50. The molecule has 0 saturated carbocycles. The van der Waals surface area contributed by atoms with Crippen molar-refractivity contribution in [2.24, 2.45) is 7.05 Å². The van der Waals surface area contributed by atoms with Gasteiger partial charge in [0.2, 0.25) is 0 Å². The minimum atomic E-state index is -5.08. The molecule has 0 bridgehead atoms. The van der Waals surface area contributed by atoms with Crippen LogP contribution in [0.15, 0.2) is 29.2 Å². The minimum absolute atomic E-state index is 0.0556. The van der Waals surface area contributed by atoms with Crippen LogP contribution >= 0.6 is 0 Å². The molecule has 14 heteroatoms. The Balaban J connectivity index is 0.000000405. The second kappa shape index (κ2) is 10.00. The first-order valence-corrected chi connectivity index (χ1v) is 11.8. The Morgan fingerprint density at radius 1 is 1.16 bits per heavy atom. The molecule has 2 aliphatic heterocycles. The third kappa shape index (κ3) is 5.10. The van der Waals surface area contributed by atoms with Gasteiger partial charge >= 0.3 is 12.1 Å². The molecular weight excluding hydrogens is 495 g/mol. The number of amides is 1. The van der Waals surface area contributed by atoms with Crippen LogP contribution in [0.2, 0.25) is 0 Å². The highest BCUT2D eigenvalue weighted by Crippen LogP contribution is 2.42. The number of aliphatic carboxylic acids is 1. The molecule has 3 aromatic heterocycles. The third-order valence-corrected chi connectivity index (χ3v) is 6.82. The maximum atomic E-state index is 12.8. The number of alkyl halides is 3. The first-order chi connectivity index (χ1) is 17.5. The first-order valence-electron chi connectivity index (χ1n) is 11.8. The van der Waals surface area contributed by atoms with Crippen molar-refractivity contribution in [3.63, 3.8) is 0 Å². The number of hydrogen-bond donors (Lipinski definition) is 1. The fourth-order valence-corrected chi connectivity index (χ4v) is 5.04. The number of imidazole rings is 1. The molecule has 5 rings (SSSR count). The van der Waals surface area contributed by atoms with Crippen molar-refractivity contribution in [1.29, 1.82) is 0 Å². The first kappa shape index (κ1) is 26.4. The number of likely N-dealkylation sites (tertiary alicyclic amines) is 1. The fourth-order valence-electron chi connectivity index (χ4n) is 5.04. The summed E-state index contributed by atoms with van der Waals surface area (Å²) in [5.41, 5.74) is 2.44. The number of aryl methyl sites for hydroxylation is 2. The van der Waals surface area contributed by atoms with E-state index in [0.29, 0.717) is 24.5 Å². The molecule has 0 atom stereocenters. The minimum Gasteiger partial charge on any atom is -0.475 e. The van der Waals surface area contributed by atoms with Crippen LogP contribution in [-0.4, -0.2) is 83.6 Å². The van der Waals surface area contributed by atoms with Gasteiger partial charge in [0.15, 0.2) is 5.69 Å². The van der Waals surface area contributed by atoms with E-state index in [1.165, 1.54) is 0 Å². The zero-order valence-electron chi connectivity index (χ0n) is 20.7. The number of likely N-dealkylation sites (N-methyl/N-ethyl adjacent to an activating group) is 1. The Morgan fingerprint density at radius 2 is 1.84 bits per heavy atom. The number of nitrogens with zero attached hydrogens (tertiary/aromatic N) is 7. The van der Waals surface area contributed by atoms with Crippen LogP contribution < -0.4 is 0 Å². The summed E-state index contributed by atoms with van der Waals surface area (Å²) in [6.45, 7) is 8.21. The Hall–Kier alpha value is -3.68. The molecular formula is C23H28F3N7O4. The highest BCUT2D eigenvalue weighted by Gasteiger charge is 2.47. The molecule has 37 heavy (non-hydrogen) atoms. The number of hydrogen-bond acceptors (Lipinski definition) is 7. The number of carbonyl (C=O) groups is 2. The molecule has 0 unspecified atom stereocenters. The van der Waals surface area contributed by atoms with Gasteiger partial charge in [-0.05, 0) is 26.3 Å². The van der Waals surface area contributed by atoms with Crippen LogP contribution in [0.1, 0.15) is 41.8 Å². The van der Waals surface area contributed by atoms with Crippen molar-refractivity contribution < 1.29 is 32.4 Å². The van der Waals surface area contributed by atoms with Crippen molar-refractivity contribution in [3.05, 3.63) is 41.9 Å². The zero-order valence-corrected chi connectivity index (χ0v) is 20.7. The molecule has 3 aromatic rings. The van der Waals surface area contributed by atoms with E-state index in [9.17, 15) is 18.0 Å². The lowest BCUT2D eigenvalue weighted by atomic mass is 9.83. The normalized spacial score (nSPS) is 17.3. The van der Waals surface area contributed by atoms with Crippen molar-refractivity contribution in [1.82, 2.24) is 34.3 Å². The maximum absolute atomic E-state index is 12.8. The van der Waals surface area contributed by atoms with Crippen molar-refractivity contribution >= 4 is 11.9 Å². The van der Waals surface area contributed by atoms with Gasteiger partial charge < -0.3 is 19.1 Å². The summed E-state index contributed by atoms with van der Waals surface area (Å²) in [6, 6.07) is 1.71. The summed E-state index contributed by atoms with van der Waals surface area (Å²) in [5, 5.41) is 15.3. The van der Waals surface area contributed by atoms with E-state index in [4.69, 9.17) is 19.4 Å². The summed E-state index contributed by atoms with van der Waals surface area (Å²) in [5.74, 6) is -1.05. The summed E-state index contributed by atoms with van der Waals surface area (Å²) in [7, 11) is 1.93. The standard InChI is InChI=1S/C21H27N7O2.C2HF3O2/c1-4-27-9-10-28-18(16-12-23-25(3)14-16)13-22-20(28)21(27)5-7-26(8-6-21)19(29)17-11-15(2)30-24-17;3-2(4,5)1(6)7/h11-14H,4-10H2,1-3H3;(H,6,7). The van der Waals surface area contributed by atoms with Crippen LogP contribution in [0.4, 0.5) is 13.2 Å². The predicted molar refractivity (Wildman–Crippen MR) is 123 cm³/mol. The third-order valence-electron chi connectivity index (χ3n) is 6.82. The zero-order chi connectivity index (χ0) is 27.0. The van der Waals surface area contributed by atoms with Crippen molar-refractivity contribution in [2.45, 2.75) is 44.9 Å². The Morgan fingerprint density at radius 3 is 2.35 bits per heavy atom. The quantitative estimate of drug-likeness (QED) is 0.556. The van der Waals surface area contributed by atoms with E-state index in [1.807, 2.05) is 35.2 Å². The van der Waals surface area contributed by atoms with Crippen LogP contribution in [0.25, 0.3) is 11.3 Å². The van der Waals surface area contributed by atoms with Gasteiger partial charge in [0.05, 0.1) is 23.6 Å². The topological polar surface area (TPSA) is 123 Å². The molecule has 0 aliphatic carbocycles. The number of halogens is 3. The Kier molecular flexibility index (Phi) is 7.13. The van der Waals surface area contributed by atoms with Gasteiger partial charge in [-0.3, -0.25) is 14.4 Å². The molecule has 200 valence electrons. The van der Waals surface area contributed by atoms with E-state index in [2.05, 4.69) is 26.6 Å². The molecule has 1 spiro atoms. The highest BCUT2D eigenvalue weighted by atomic mass is 19.4. The summed E-state index contributed by atoms with van der Waals surface area (Å²) < 4.78 is 41.0. The number of rotatable bonds is 3. The van der Waals surface area contributed by atoms with Gasteiger partial charge in [-0.15, -0.1) is 0 Å². The Labute approximate surface area is 210 Å². The maximum Gasteiger partial charge on any atom is 0.490 e. The number of piperidine rings is 1. The summed E-state index contributed by atoms with van der Waals surface area (Å²) >= 11 is 0. The van der Waals surface area contributed by atoms with E-state index < -0.39 is 12.1 Å². The average molecular weight is 524 g/mol. The highest BCUT2D eigenvalue weighted by molar-refractivity contribution is 5.92. The van der Waals surface area contributed by atoms with Crippen LogP contribution in [0.5, 0.6) is 0 Å². The Bertz CT molecular complexity index is 1270. The van der Waals surface area contributed by atoms with Crippen LogP contribution in [0.3, 0.4) is 0 Å². The summed E-state index contributed by atoms with van der Waals surface area (Å²) in [6.07, 6.45) is 2.53. The molecule has 1 N–H and O–H groups in total. The molecule has 2 aliphatic rings. The van der Waals surface area contributed by atoms with Crippen LogP contribution in [-0.2, 0) is 23.9 Å². The fraction of sp³-hybridized carbons (Fsp3) is 0.522. The van der Waals surface area contributed by atoms with Gasteiger partial charge in [0.25, 0.3) is 5.91 Å². The van der Waals surface area contributed by atoms with E-state index in [0.717, 1.165) is 49.6 Å². The lowest BCUT2D eigenvalue weighted by Crippen LogP contribution is -2.58. The lowest BCUT2D eigenvalue weighted by molar-refractivity contribution is -0.192. The number of carboxylic acid groups (broad SMARTS) is 1. The molecule has 1 amide bonds. The van der Waals surface area contributed by atoms with Crippen LogP contribution in [0, 0.1) is 6.92 Å². The number of carbonyl (C=O) groups excluding carboxylic acids is 1.